The van der Waals surface area contributed by atoms with Crippen LogP contribution >= 0.6 is 0 Å². The number of hydrogen-bond acceptors (Lipinski definition) is 2. The number of alkyl halides is 3. The number of fused-ring (bicyclic) bond motifs is 1. The van der Waals surface area contributed by atoms with Crippen LogP contribution in [0.1, 0.15) is 48.8 Å². The van der Waals surface area contributed by atoms with Crippen molar-refractivity contribution in [3.63, 3.8) is 0 Å². The fourth-order valence-electron chi connectivity index (χ4n) is 3.66. The van der Waals surface area contributed by atoms with Gasteiger partial charge in [-0.25, -0.2) is 0 Å². The van der Waals surface area contributed by atoms with Crippen molar-refractivity contribution in [1.82, 2.24) is 0 Å². The highest BCUT2D eigenvalue weighted by atomic mass is 19.4. The Morgan fingerprint density at radius 1 is 1.07 bits per heavy atom. The molecule has 1 aliphatic carbocycles. The maximum atomic E-state index is 12.8. The minimum Gasteiger partial charge on any atom is -0.385 e. The molecular formula is C21H22F3NO2. The van der Waals surface area contributed by atoms with Gasteiger partial charge in [0.25, 0.3) is 0 Å². The van der Waals surface area contributed by atoms with Gasteiger partial charge in [-0.2, -0.15) is 13.2 Å². The summed E-state index contributed by atoms with van der Waals surface area (Å²) in [6, 6.07) is 12.0. The lowest BCUT2D eigenvalue weighted by Gasteiger charge is -2.32. The molecule has 0 saturated carbocycles. The van der Waals surface area contributed by atoms with Crippen LogP contribution in [0.3, 0.4) is 0 Å². The lowest BCUT2D eigenvalue weighted by atomic mass is 9.79. The van der Waals surface area contributed by atoms with E-state index >= 15 is 0 Å². The molecule has 2 aromatic rings. The molecule has 0 bridgehead atoms. The van der Waals surface area contributed by atoms with Crippen LogP contribution in [-0.4, -0.2) is 11.0 Å². The highest BCUT2D eigenvalue weighted by Crippen LogP contribution is 2.36. The van der Waals surface area contributed by atoms with Crippen molar-refractivity contribution in [2.75, 3.05) is 5.32 Å². The smallest absolute Gasteiger partial charge is 0.385 e. The number of aryl methyl sites for hydroxylation is 1. The largest absolute Gasteiger partial charge is 0.416 e. The zero-order valence-electron chi connectivity index (χ0n) is 14.9. The molecule has 6 heteroatoms. The van der Waals surface area contributed by atoms with E-state index in [1.807, 2.05) is 24.3 Å². The molecule has 0 saturated heterocycles. The van der Waals surface area contributed by atoms with Crippen molar-refractivity contribution in [2.24, 2.45) is 0 Å². The summed E-state index contributed by atoms with van der Waals surface area (Å²) in [6.07, 6.45) is -0.595. The third-order valence-electron chi connectivity index (χ3n) is 4.98. The molecule has 3 nitrogen and oxygen atoms in total. The van der Waals surface area contributed by atoms with Crippen LogP contribution in [-0.2, 0) is 23.0 Å². The van der Waals surface area contributed by atoms with Gasteiger partial charge in [-0.1, -0.05) is 43.2 Å². The first kappa shape index (κ1) is 19.4. The van der Waals surface area contributed by atoms with Crippen LogP contribution < -0.4 is 5.32 Å². The highest BCUT2D eigenvalue weighted by molar-refractivity contribution is 5.91. The summed E-state index contributed by atoms with van der Waals surface area (Å²) in [7, 11) is 0. The Morgan fingerprint density at radius 2 is 1.85 bits per heavy atom. The van der Waals surface area contributed by atoms with Gasteiger partial charge >= 0.3 is 6.18 Å². The topological polar surface area (TPSA) is 49.3 Å². The summed E-state index contributed by atoms with van der Waals surface area (Å²) >= 11 is 0. The first-order valence-electron chi connectivity index (χ1n) is 9.06. The number of carbonyl (C=O) groups is 1. The second-order valence-electron chi connectivity index (χ2n) is 7.05. The Kier molecular flexibility index (Phi) is 5.56. The summed E-state index contributed by atoms with van der Waals surface area (Å²) in [4.78, 5) is 12.5. The summed E-state index contributed by atoms with van der Waals surface area (Å²) in [6.45, 7) is 0. The van der Waals surface area contributed by atoms with Gasteiger partial charge in [0.1, 0.15) is 0 Å². The number of nitrogens with one attached hydrogen (secondary N) is 1. The van der Waals surface area contributed by atoms with Crippen molar-refractivity contribution < 1.29 is 23.1 Å². The molecule has 0 aromatic heterocycles. The monoisotopic (exact) mass is 377 g/mol. The zero-order valence-corrected chi connectivity index (χ0v) is 14.9. The lowest BCUT2D eigenvalue weighted by molar-refractivity contribution is -0.137. The van der Waals surface area contributed by atoms with Crippen LogP contribution in [0.4, 0.5) is 18.9 Å². The minimum atomic E-state index is -4.47. The van der Waals surface area contributed by atoms with Gasteiger partial charge in [0.15, 0.2) is 0 Å². The van der Waals surface area contributed by atoms with Gasteiger partial charge in [-0.15, -0.1) is 0 Å². The van der Waals surface area contributed by atoms with Gasteiger partial charge in [-0.05, 0) is 48.6 Å². The maximum absolute atomic E-state index is 12.8. The van der Waals surface area contributed by atoms with E-state index < -0.39 is 23.2 Å². The van der Waals surface area contributed by atoms with Crippen molar-refractivity contribution in [1.29, 1.82) is 0 Å². The van der Waals surface area contributed by atoms with Crippen LogP contribution in [0.15, 0.2) is 48.5 Å². The Hall–Kier alpha value is -2.34. The molecule has 144 valence electrons. The molecular weight excluding hydrogens is 355 g/mol. The van der Waals surface area contributed by atoms with Gasteiger partial charge in [0, 0.05) is 5.69 Å². The molecule has 0 heterocycles. The fourth-order valence-corrected chi connectivity index (χ4v) is 3.66. The molecule has 1 unspecified atom stereocenters. The molecule has 1 amide bonds. The van der Waals surface area contributed by atoms with Gasteiger partial charge < -0.3 is 10.4 Å². The van der Waals surface area contributed by atoms with Crippen LogP contribution in [0.2, 0.25) is 0 Å². The van der Waals surface area contributed by atoms with E-state index in [0.29, 0.717) is 6.42 Å². The second-order valence-corrected chi connectivity index (χ2v) is 7.05. The molecule has 0 aliphatic heterocycles. The van der Waals surface area contributed by atoms with E-state index in [1.54, 1.807) is 0 Å². The van der Waals surface area contributed by atoms with Crippen molar-refractivity contribution in [2.45, 2.75) is 50.3 Å². The van der Waals surface area contributed by atoms with Crippen molar-refractivity contribution in [3.05, 3.63) is 65.2 Å². The third kappa shape index (κ3) is 4.69. The molecule has 1 aliphatic rings. The van der Waals surface area contributed by atoms with Crippen molar-refractivity contribution >= 4 is 11.6 Å². The average Bonchev–Trinajstić information content (AvgIpc) is 2.59. The average molecular weight is 377 g/mol. The predicted octanol–water partition coefficient (Wildman–Crippen LogP) is 5.04. The summed E-state index contributed by atoms with van der Waals surface area (Å²) in [5.74, 6) is -0.507. The normalized spacial score (nSPS) is 20.3. The van der Waals surface area contributed by atoms with E-state index in [1.165, 1.54) is 12.1 Å². The van der Waals surface area contributed by atoms with Crippen LogP contribution in [0, 0.1) is 0 Å². The number of aliphatic hydroxyl groups is 1. The van der Waals surface area contributed by atoms with E-state index in [4.69, 9.17) is 0 Å². The lowest BCUT2D eigenvalue weighted by Crippen LogP contribution is -2.33. The standard InChI is InChI=1S/C21H22F3NO2/c22-21(23,24)16-9-6-10-17(13-16)25-19(26)14-20(27)12-5-1-2-7-15-8-3-4-11-18(15)20/h3-4,6,8-11,13,27H,1-2,5,7,12,14H2,(H,25,26). The van der Waals surface area contributed by atoms with E-state index in [9.17, 15) is 23.1 Å². The van der Waals surface area contributed by atoms with Crippen LogP contribution in [0.5, 0.6) is 0 Å². The van der Waals surface area contributed by atoms with E-state index in [2.05, 4.69) is 5.32 Å². The molecule has 2 aromatic carbocycles. The molecule has 2 N–H and O–H groups in total. The molecule has 1 atom stereocenters. The Balaban J connectivity index is 1.79. The van der Waals surface area contributed by atoms with Gasteiger partial charge in [-0.3, -0.25) is 4.79 Å². The van der Waals surface area contributed by atoms with Crippen LogP contribution in [0.25, 0.3) is 0 Å². The molecule has 0 fully saturated rings. The number of rotatable bonds is 3. The zero-order chi connectivity index (χ0) is 19.5. The Labute approximate surface area is 156 Å². The Morgan fingerprint density at radius 3 is 2.63 bits per heavy atom. The summed E-state index contributed by atoms with van der Waals surface area (Å²) in [5.41, 5.74) is -0.314. The first-order chi connectivity index (χ1) is 12.8. The number of carbonyl (C=O) groups excluding carboxylic acids is 1. The highest BCUT2D eigenvalue weighted by Gasteiger charge is 2.35. The number of hydrogen-bond donors (Lipinski definition) is 2. The predicted molar refractivity (Wildman–Crippen MR) is 97.2 cm³/mol. The quantitative estimate of drug-likeness (QED) is 0.787. The summed E-state index contributed by atoms with van der Waals surface area (Å²) in [5, 5.41) is 13.7. The number of benzene rings is 2. The van der Waals surface area contributed by atoms with Gasteiger partial charge in [0.05, 0.1) is 17.6 Å². The second kappa shape index (κ2) is 7.72. The van der Waals surface area contributed by atoms with E-state index in [0.717, 1.165) is 48.9 Å². The van der Waals surface area contributed by atoms with Crippen molar-refractivity contribution in [3.8, 4) is 0 Å². The number of anilines is 1. The molecule has 0 spiro atoms. The first-order valence-corrected chi connectivity index (χ1v) is 9.06. The number of amides is 1. The Bertz CT molecular complexity index is 819. The van der Waals surface area contributed by atoms with Gasteiger partial charge in [0.2, 0.25) is 5.91 Å². The molecule has 27 heavy (non-hydrogen) atoms. The number of halogens is 3. The molecule has 0 radical (unpaired) electrons. The SMILES string of the molecule is O=C(CC1(O)CCCCCc2ccccc21)Nc1cccc(C(F)(F)F)c1. The maximum Gasteiger partial charge on any atom is 0.416 e. The third-order valence-corrected chi connectivity index (χ3v) is 4.98. The summed E-state index contributed by atoms with van der Waals surface area (Å²) < 4.78 is 38.5. The molecule has 3 rings (SSSR count). The van der Waals surface area contributed by atoms with E-state index in [-0.39, 0.29) is 12.1 Å². The fraction of sp³-hybridized carbons (Fsp3) is 0.381. The minimum absolute atomic E-state index is 0.0672.